The molecule has 12 aromatic rings. The number of aryl methyl sites for hydroxylation is 8. The third-order valence-electron chi connectivity index (χ3n) is 17.8. The SMILES string of the molecule is CCCCc1ccc(-c2ccc(-c3ccc(C)cc3)c(F)c2)cc1.CCCCc1ccc(-c2ccc(-c3ccc(C)cc3)c(F)c2)cc1.CCCCc1ccc(-c2ccc(-c3ccc(C)cc3)c(F)c2)cc1.CCCCc1ccc(-c2ccc(-c3ccc(C)cc3)c(F)c2)cc1. The van der Waals surface area contributed by atoms with Crippen molar-refractivity contribution in [2.24, 2.45) is 0 Å². The van der Waals surface area contributed by atoms with Crippen LogP contribution in [0.15, 0.2) is 267 Å². The van der Waals surface area contributed by atoms with Gasteiger partial charge in [0.05, 0.1) is 0 Å². The second kappa shape index (κ2) is 35.7. The van der Waals surface area contributed by atoms with E-state index >= 15 is 0 Å². The highest BCUT2D eigenvalue weighted by Crippen LogP contribution is 2.34. The van der Waals surface area contributed by atoms with E-state index in [-0.39, 0.29) is 23.3 Å². The maximum absolute atomic E-state index is 14.6. The zero-order chi connectivity index (χ0) is 67.8. The van der Waals surface area contributed by atoms with Crippen LogP contribution in [0.2, 0.25) is 0 Å². The van der Waals surface area contributed by atoms with Crippen molar-refractivity contribution < 1.29 is 17.6 Å². The standard InChI is InChI=1S/4C23H23F/c4*1-3-4-5-18-8-12-19(13-9-18)21-14-15-22(23(24)16-21)20-10-6-17(2)7-11-20/h4*6-16H,3-5H2,1-2H3. The summed E-state index contributed by atoms with van der Waals surface area (Å²) in [6.07, 6.45) is 14.1. The summed E-state index contributed by atoms with van der Waals surface area (Å²) in [5, 5.41) is 0. The number of rotatable bonds is 20. The number of unbranched alkanes of at least 4 members (excludes halogenated alkanes) is 4. The predicted octanol–water partition coefficient (Wildman–Crippen LogP) is 27.2. The third-order valence-corrected chi connectivity index (χ3v) is 17.8. The highest BCUT2D eigenvalue weighted by Gasteiger charge is 2.13. The maximum atomic E-state index is 14.6. The first-order valence-corrected chi connectivity index (χ1v) is 34.5. The van der Waals surface area contributed by atoms with Crippen molar-refractivity contribution in [3.05, 3.63) is 335 Å². The van der Waals surface area contributed by atoms with Crippen LogP contribution in [0.3, 0.4) is 0 Å². The normalized spacial score (nSPS) is 10.8. The van der Waals surface area contributed by atoms with E-state index in [1.807, 2.05) is 173 Å². The van der Waals surface area contributed by atoms with E-state index in [2.05, 4.69) is 125 Å². The number of halogens is 4. The Morgan fingerprint density at radius 1 is 0.188 bits per heavy atom. The molecule has 0 aliphatic heterocycles. The molecule has 0 aliphatic carbocycles. The molecule has 0 unspecified atom stereocenters. The van der Waals surface area contributed by atoms with Gasteiger partial charge in [-0.05, 0) is 192 Å². The van der Waals surface area contributed by atoms with Crippen molar-refractivity contribution in [3.63, 3.8) is 0 Å². The van der Waals surface area contributed by atoms with Crippen molar-refractivity contribution in [2.75, 3.05) is 0 Å². The molecular weight excluding hydrogens is 1180 g/mol. The number of hydrogen-bond donors (Lipinski definition) is 0. The van der Waals surface area contributed by atoms with Gasteiger partial charge in [-0.3, -0.25) is 0 Å². The molecule has 12 aromatic carbocycles. The van der Waals surface area contributed by atoms with Gasteiger partial charge in [-0.1, -0.05) is 318 Å². The Morgan fingerprint density at radius 3 is 0.500 bits per heavy atom. The zero-order valence-corrected chi connectivity index (χ0v) is 57.4. The minimum atomic E-state index is -0.175. The van der Waals surface area contributed by atoms with Crippen LogP contribution in [0.25, 0.3) is 89.0 Å². The molecular formula is C92H92F4. The molecule has 0 fully saturated rings. The van der Waals surface area contributed by atoms with Crippen molar-refractivity contribution in [3.8, 4) is 89.0 Å². The average molecular weight is 1270 g/mol. The molecule has 0 aromatic heterocycles. The molecule has 0 aliphatic rings. The van der Waals surface area contributed by atoms with Crippen molar-refractivity contribution in [1.29, 1.82) is 0 Å². The van der Waals surface area contributed by atoms with Gasteiger partial charge in [-0.25, -0.2) is 17.6 Å². The van der Waals surface area contributed by atoms with Crippen LogP contribution in [0.4, 0.5) is 17.6 Å². The lowest BCUT2D eigenvalue weighted by atomic mass is 9.98. The van der Waals surface area contributed by atoms with Crippen LogP contribution in [-0.4, -0.2) is 0 Å². The molecule has 0 bridgehead atoms. The summed E-state index contributed by atoms with van der Waals surface area (Å²) in [6, 6.07) is 87.8. The Hall–Kier alpha value is -9.64. The fourth-order valence-electron chi connectivity index (χ4n) is 11.6. The molecule has 0 spiro atoms. The van der Waals surface area contributed by atoms with Gasteiger partial charge in [-0.15, -0.1) is 0 Å². The molecule has 0 saturated carbocycles. The second-order valence-corrected chi connectivity index (χ2v) is 25.4. The van der Waals surface area contributed by atoms with Gasteiger partial charge in [-0.2, -0.15) is 0 Å². The van der Waals surface area contributed by atoms with E-state index in [0.29, 0.717) is 22.3 Å². The van der Waals surface area contributed by atoms with Gasteiger partial charge in [0.25, 0.3) is 0 Å². The minimum absolute atomic E-state index is 0.175. The minimum Gasteiger partial charge on any atom is -0.206 e. The van der Waals surface area contributed by atoms with E-state index in [4.69, 9.17) is 0 Å². The molecule has 0 amide bonds. The summed E-state index contributed by atoms with van der Waals surface area (Å²) in [4.78, 5) is 0. The Bertz CT molecular complexity index is 3760. The lowest BCUT2D eigenvalue weighted by Crippen LogP contribution is -1.88. The fourth-order valence-corrected chi connectivity index (χ4v) is 11.6. The fraction of sp³-hybridized carbons (Fsp3) is 0.217. The molecule has 0 atom stereocenters. The largest absolute Gasteiger partial charge is 0.206 e. The van der Waals surface area contributed by atoms with Crippen LogP contribution in [0.5, 0.6) is 0 Å². The highest BCUT2D eigenvalue weighted by atomic mass is 19.1. The van der Waals surface area contributed by atoms with E-state index in [9.17, 15) is 17.6 Å². The summed E-state index contributed by atoms with van der Waals surface area (Å²) >= 11 is 0. The monoisotopic (exact) mass is 1270 g/mol. The molecule has 4 heteroatoms. The van der Waals surface area contributed by atoms with Crippen LogP contribution in [-0.2, 0) is 25.7 Å². The lowest BCUT2D eigenvalue weighted by Gasteiger charge is -2.08. The van der Waals surface area contributed by atoms with Crippen molar-refractivity contribution in [2.45, 2.75) is 132 Å². The van der Waals surface area contributed by atoms with E-state index in [1.165, 1.54) is 95.9 Å². The average Bonchev–Trinajstić information content (AvgIpc) is 0.984. The van der Waals surface area contributed by atoms with E-state index in [1.54, 1.807) is 24.3 Å². The van der Waals surface area contributed by atoms with Gasteiger partial charge in [0.2, 0.25) is 0 Å². The first kappa shape index (κ1) is 70.7. The first-order valence-electron chi connectivity index (χ1n) is 34.5. The highest BCUT2D eigenvalue weighted by molar-refractivity contribution is 5.75. The number of benzene rings is 12. The van der Waals surface area contributed by atoms with E-state index < -0.39 is 0 Å². The zero-order valence-electron chi connectivity index (χ0n) is 57.4. The summed E-state index contributed by atoms with van der Waals surface area (Å²) in [6.45, 7) is 16.9. The molecule has 0 radical (unpaired) electrons. The summed E-state index contributed by atoms with van der Waals surface area (Å²) in [7, 11) is 0. The van der Waals surface area contributed by atoms with Gasteiger partial charge >= 0.3 is 0 Å². The quantitative estimate of drug-likeness (QED) is 0.0667. The summed E-state index contributed by atoms with van der Waals surface area (Å²) in [5.74, 6) is -0.698. The van der Waals surface area contributed by atoms with Crippen LogP contribution in [0.1, 0.15) is 124 Å². The maximum Gasteiger partial charge on any atom is 0.131 e. The second-order valence-electron chi connectivity index (χ2n) is 25.4. The molecule has 12 rings (SSSR count). The molecule has 96 heavy (non-hydrogen) atoms. The first-order chi connectivity index (χ1) is 46.7. The molecule has 0 nitrogen and oxygen atoms in total. The van der Waals surface area contributed by atoms with Crippen LogP contribution >= 0.6 is 0 Å². The third kappa shape index (κ3) is 20.2. The smallest absolute Gasteiger partial charge is 0.131 e. The van der Waals surface area contributed by atoms with Gasteiger partial charge in [0.1, 0.15) is 23.3 Å². The van der Waals surface area contributed by atoms with E-state index in [0.717, 1.165) is 92.4 Å². The van der Waals surface area contributed by atoms with Gasteiger partial charge in [0.15, 0.2) is 0 Å². The van der Waals surface area contributed by atoms with Crippen LogP contribution < -0.4 is 0 Å². The Balaban J connectivity index is 0.000000150. The van der Waals surface area contributed by atoms with Gasteiger partial charge < -0.3 is 0 Å². The van der Waals surface area contributed by atoms with Crippen molar-refractivity contribution in [1.82, 2.24) is 0 Å². The van der Waals surface area contributed by atoms with Crippen molar-refractivity contribution >= 4 is 0 Å². The van der Waals surface area contributed by atoms with Gasteiger partial charge in [0, 0.05) is 22.3 Å². The predicted molar refractivity (Wildman–Crippen MR) is 402 cm³/mol. The molecule has 0 saturated heterocycles. The topological polar surface area (TPSA) is 0 Å². The lowest BCUT2D eigenvalue weighted by molar-refractivity contribution is 0.631. The molecule has 0 heterocycles. The molecule has 488 valence electrons. The Labute approximate surface area is 570 Å². The molecule has 0 N–H and O–H groups in total. The number of hydrogen-bond acceptors (Lipinski definition) is 0. The Morgan fingerprint density at radius 2 is 0.344 bits per heavy atom. The summed E-state index contributed by atoms with van der Waals surface area (Å²) in [5.41, 5.74) is 24.3. The Kier molecular flexibility index (Phi) is 26.3. The van der Waals surface area contributed by atoms with Crippen LogP contribution in [0, 0.1) is 51.0 Å². The summed E-state index contributed by atoms with van der Waals surface area (Å²) < 4.78 is 58.3.